The van der Waals surface area contributed by atoms with E-state index in [0.717, 1.165) is 12.8 Å². The van der Waals surface area contributed by atoms with Crippen LogP contribution in [0.3, 0.4) is 0 Å². The third-order valence-electron chi connectivity index (χ3n) is 3.05. The lowest BCUT2D eigenvalue weighted by Gasteiger charge is -2.27. The molecule has 1 nitrogen and oxygen atoms in total. The van der Waals surface area contributed by atoms with Crippen molar-refractivity contribution >= 4 is 17.5 Å². The number of carbonyl (C=O) groups excluding carboxylic acids is 1. The predicted molar refractivity (Wildman–Crippen MR) is 68.5 cm³/mol. The molecule has 0 saturated carbocycles. The summed E-state index contributed by atoms with van der Waals surface area (Å²) in [6, 6.07) is 0. The fourth-order valence-corrected chi connectivity index (χ4v) is 3.88. The second-order valence-electron chi connectivity index (χ2n) is 4.61. The molecule has 1 fully saturated rings. The van der Waals surface area contributed by atoms with Crippen LogP contribution in [0.15, 0.2) is 0 Å². The average molecular weight is 228 g/mol. The Hall–Kier alpha value is 0.0200. The maximum absolute atomic E-state index is 11.6. The normalized spacial score (nSPS) is 26.9. The Labute approximate surface area is 98.4 Å². The lowest BCUT2D eigenvalue weighted by molar-refractivity contribution is -0.119. The van der Waals surface area contributed by atoms with Crippen molar-refractivity contribution in [3.05, 3.63) is 0 Å². The molecule has 2 heteroatoms. The number of rotatable bonds is 6. The Balaban J connectivity index is 2.30. The van der Waals surface area contributed by atoms with Crippen LogP contribution >= 0.6 is 11.8 Å². The molecular weight excluding hydrogens is 204 g/mol. The molecule has 0 aromatic heterocycles. The number of hydrogen-bond donors (Lipinski definition) is 0. The minimum Gasteiger partial charge on any atom is -0.300 e. The Morgan fingerprint density at radius 3 is 1.93 bits per heavy atom. The lowest BCUT2D eigenvalue weighted by atomic mass is 10.0. The van der Waals surface area contributed by atoms with Gasteiger partial charge in [-0.2, -0.15) is 11.8 Å². The van der Waals surface area contributed by atoms with Gasteiger partial charge in [0.1, 0.15) is 5.78 Å². The molecule has 0 radical (unpaired) electrons. The molecule has 0 aromatic rings. The molecule has 1 rings (SSSR count). The van der Waals surface area contributed by atoms with Crippen molar-refractivity contribution in [3.63, 3.8) is 0 Å². The fraction of sp³-hybridized carbons (Fsp3) is 0.923. The van der Waals surface area contributed by atoms with Gasteiger partial charge < -0.3 is 0 Å². The highest BCUT2D eigenvalue weighted by atomic mass is 32.2. The first-order valence-electron chi connectivity index (χ1n) is 6.43. The zero-order valence-corrected chi connectivity index (χ0v) is 10.9. The molecule has 0 bridgehead atoms. The van der Waals surface area contributed by atoms with E-state index in [0.29, 0.717) is 16.3 Å². The van der Waals surface area contributed by atoms with Gasteiger partial charge in [0, 0.05) is 23.3 Å². The molecule has 0 N–H and O–H groups in total. The highest BCUT2D eigenvalue weighted by Gasteiger charge is 2.26. The van der Waals surface area contributed by atoms with E-state index in [1.54, 1.807) is 0 Å². The van der Waals surface area contributed by atoms with Crippen molar-refractivity contribution in [2.45, 2.75) is 75.7 Å². The van der Waals surface area contributed by atoms with Gasteiger partial charge in [-0.05, 0) is 12.8 Å². The van der Waals surface area contributed by atoms with Gasteiger partial charge in [0.25, 0.3) is 0 Å². The maximum atomic E-state index is 11.6. The van der Waals surface area contributed by atoms with E-state index in [2.05, 4.69) is 25.6 Å². The smallest absolute Gasteiger partial charge is 0.135 e. The maximum Gasteiger partial charge on any atom is 0.135 e. The van der Waals surface area contributed by atoms with E-state index >= 15 is 0 Å². The summed E-state index contributed by atoms with van der Waals surface area (Å²) in [7, 11) is 0. The van der Waals surface area contributed by atoms with Crippen LogP contribution in [0.2, 0.25) is 0 Å². The Kier molecular flexibility index (Phi) is 6.39. The van der Waals surface area contributed by atoms with Crippen molar-refractivity contribution < 1.29 is 4.79 Å². The first-order chi connectivity index (χ1) is 7.26. The summed E-state index contributed by atoms with van der Waals surface area (Å²) < 4.78 is 0. The zero-order chi connectivity index (χ0) is 11.1. The van der Waals surface area contributed by atoms with Crippen LogP contribution in [0, 0.1) is 0 Å². The van der Waals surface area contributed by atoms with E-state index in [1.165, 1.54) is 38.5 Å². The molecule has 1 heterocycles. The molecule has 2 atom stereocenters. The average Bonchev–Trinajstić information content (AvgIpc) is 2.23. The Morgan fingerprint density at radius 1 is 1.07 bits per heavy atom. The summed E-state index contributed by atoms with van der Waals surface area (Å²) in [5.41, 5.74) is 0. The molecule has 2 unspecified atom stereocenters. The van der Waals surface area contributed by atoms with Crippen LogP contribution in [0.1, 0.15) is 65.2 Å². The molecule has 0 amide bonds. The van der Waals surface area contributed by atoms with Gasteiger partial charge in [-0.15, -0.1) is 0 Å². The van der Waals surface area contributed by atoms with Crippen molar-refractivity contribution in [2.75, 3.05) is 0 Å². The Morgan fingerprint density at radius 2 is 1.53 bits per heavy atom. The van der Waals surface area contributed by atoms with E-state index in [9.17, 15) is 4.79 Å². The molecule has 88 valence electrons. The van der Waals surface area contributed by atoms with Gasteiger partial charge in [-0.25, -0.2) is 0 Å². The van der Waals surface area contributed by atoms with Gasteiger partial charge in [0.2, 0.25) is 0 Å². The molecule has 0 aromatic carbocycles. The first kappa shape index (κ1) is 13.1. The summed E-state index contributed by atoms with van der Waals surface area (Å²) in [6.07, 6.45) is 9.25. The first-order valence-corrected chi connectivity index (χ1v) is 7.37. The molecule has 1 aliphatic rings. The second-order valence-corrected chi connectivity index (χ2v) is 6.22. The van der Waals surface area contributed by atoms with Gasteiger partial charge in [-0.1, -0.05) is 39.5 Å². The summed E-state index contributed by atoms with van der Waals surface area (Å²) >= 11 is 2.09. The monoisotopic (exact) mass is 228 g/mol. The van der Waals surface area contributed by atoms with Crippen molar-refractivity contribution in [1.29, 1.82) is 0 Å². The van der Waals surface area contributed by atoms with E-state index in [1.807, 2.05) is 0 Å². The minimum atomic E-state index is 0.510. The standard InChI is InChI=1S/C13H24OS/c1-3-5-7-12-9-11(14)10-13(15-12)8-6-4-2/h12-13H,3-10H2,1-2H3. The number of ketones is 1. The van der Waals surface area contributed by atoms with E-state index in [4.69, 9.17) is 0 Å². The van der Waals surface area contributed by atoms with Crippen LogP contribution in [0.25, 0.3) is 0 Å². The third kappa shape index (κ3) is 5.05. The molecule has 1 saturated heterocycles. The number of hydrogen-bond acceptors (Lipinski definition) is 2. The highest BCUT2D eigenvalue weighted by molar-refractivity contribution is 8.00. The molecule has 15 heavy (non-hydrogen) atoms. The van der Waals surface area contributed by atoms with Crippen molar-refractivity contribution in [1.82, 2.24) is 0 Å². The van der Waals surface area contributed by atoms with Crippen LogP contribution in [0.5, 0.6) is 0 Å². The van der Waals surface area contributed by atoms with Crippen molar-refractivity contribution in [3.8, 4) is 0 Å². The van der Waals surface area contributed by atoms with Crippen molar-refractivity contribution in [2.24, 2.45) is 0 Å². The number of carbonyl (C=O) groups is 1. The molecule has 1 aliphatic heterocycles. The van der Waals surface area contributed by atoms with Crippen LogP contribution < -0.4 is 0 Å². The summed E-state index contributed by atoms with van der Waals surface area (Å²) in [4.78, 5) is 11.6. The van der Waals surface area contributed by atoms with E-state index < -0.39 is 0 Å². The molecule has 0 spiro atoms. The van der Waals surface area contributed by atoms with Gasteiger partial charge in [0.05, 0.1) is 0 Å². The summed E-state index contributed by atoms with van der Waals surface area (Å²) in [6.45, 7) is 4.45. The quantitative estimate of drug-likeness (QED) is 0.677. The lowest BCUT2D eigenvalue weighted by Crippen LogP contribution is -2.24. The van der Waals surface area contributed by atoms with Gasteiger partial charge in [0.15, 0.2) is 0 Å². The number of unbranched alkanes of at least 4 members (excludes halogenated alkanes) is 2. The highest BCUT2D eigenvalue weighted by Crippen LogP contribution is 2.35. The predicted octanol–water partition coefficient (Wildman–Crippen LogP) is 4.20. The molecular formula is C13H24OS. The zero-order valence-electron chi connectivity index (χ0n) is 10.1. The number of thioether (sulfide) groups is 1. The van der Waals surface area contributed by atoms with E-state index in [-0.39, 0.29) is 0 Å². The molecule has 0 aliphatic carbocycles. The minimum absolute atomic E-state index is 0.510. The number of Topliss-reactive ketones (excluding diaryl/α,β-unsaturated/α-hetero) is 1. The third-order valence-corrected chi connectivity index (χ3v) is 4.63. The topological polar surface area (TPSA) is 17.1 Å². The SMILES string of the molecule is CCCCC1CC(=O)CC(CCCC)S1. The largest absolute Gasteiger partial charge is 0.300 e. The fourth-order valence-electron chi connectivity index (χ4n) is 2.16. The van der Waals surface area contributed by atoms with Gasteiger partial charge >= 0.3 is 0 Å². The van der Waals surface area contributed by atoms with Crippen LogP contribution in [0.4, 0.5) is 0 Å². The second kappa shape index (κ2) is 7.32. The van der Waals surface area contributed by atoms with Crippen LogP contribution in [-0.2, 0) is 4.79 Å². The summed E-state index contributed by atoms with van der Waals surface area (Å²) in [5, 5.41) is 1.26. The van der Waals surface area contributed by atoms with Crippen LogP contribution in [-0.4, -0.2) is 16.3 Å². The summed E-state index contributed by atoms with van der Waals surface area (Å²) in [5.74, 6) is 0.510. The van der Waals surface area contributed by atoms with Gasteiger partial charge in [-0.3, -0.25) is 4.79 Å². The Bertz CT molecular complexity index is 173.